The zero-order chi connectivity index (χ0) is 12.4. The Morgan fingerprint density at radius 2 is 2.06 bits per heavy atom. The lowest BCUT2D eigenvalue weighted by atomic mass is 9.71. The summed E-state index contributed by atoms with van der Waals surface area (Å²) in [4.78, 5) is 0. The second-order valence-corrected chi connectivity index (χ2v) is 6.03. The summed E-state index contributed by atoms with van der Waals surface area (Å²) in [5, 5.41) is 10.6. The first-order chi connectivity index (χ1) is 7.93. The molecule has 1 aliphatic heterocycles. The molecule has 1 fully saturated rings. The molecule has 17 heavy (non-hydrogen) atoms. The molecule has 1 aliphatic carbocycles. The summed E-state index contributed by atoms with van der Waals surface area (Å²) in [5.74, 6) is 0.969. The predicted molar refractivity (Wildman–Crippen MR) is 67.0 cm³/mol. The Balaban J connectivity index is 2.18. The predicted octanol–water partition coefficient (Wildman–Crippen LogP) is 2.72. The van der Waals surface area contributed by atoms with E-state index in [1.807, 2.05) is 6.92 Å². The maximum atomic E-state index is 10.6. The summed E-state index contributed by atoms with van der Waals surface area (Å²) in [7, 11) is 0. The van der Waals surface area contributed by atoms with E-state index in [9.17, 15) is 5.11 Å². The van der Waals surface area contributed by atoms with Gasteiger partial charge < -0.3 is 9.84 Å². The van der Waals surface area contributed by atoms with E-state index in [0.29, 0.717) is 11.8 Å². The first kappa shape index (κ1) is 11.2. The van der Waals surface area contributed by atoms with Gasteiger partial charge in [-0.05, 0) is 30.9 Å². The topological polar surface area (TPSA) is 32.8 Å². The lowest BCUT2D eigenvalue weighted by Crippen LogP contribution is -2.38. The largest absolute Gasteiger partial charge is 0.383 e. The van der Waals surface area contributed by atoms with Crippen molar-refractivity contribution in [1.82, 2.24) is 0 Å². The van der Waals surface area contributed by atoms with Crippen LogP contribution in [0.25, 0.3) is 0 Å². The van der Waals surface area contributed by atoms with Crippen molar-refractivity contribution >= 4 is 0 Å². The molecule has 1 heterocycles. The van der Waals surface area contributed by atoms with Crippen LogP contribution in [0.5, 0.6) is 0 Å². The first-order valence-corrected chi connectivity index (χ1v) is 6.42. The number of aliphatic hydroxyl groups is 1. The van der Waals surface area contributed by atoms with Gasteiger partial charge in [-0.3, -0.25) is 0 Å². The van der Waals surface area contributed by atoms with Gasteiger partial charge in [0.15, 0.2) is 0 Å². The van der Waals surface area contributed by atoms with E-state index in [1.165, 1.54) is 11.1 Å². The Kier molecular flexibility index (Phi) is 2.20. The van der Waals surface area contributed by atoms with E-state index in [-0.39, 0.29) is 12.2 Å². The number of hydrogen-bond donors (Lipinski definition) is 1. The van der Waals surface area contributed by atoms with Crippen molar-refractivity contribution in [3.8, 4) is 0 Å². The molecule has 2 nitrogen and oxygen atoms in total. The zero-order valence-electron chi connectivity index (χ0n) is 10.9. The number of aryl methyl sites for hydroxylation is 1. The Labute approximate surface area is 103 Å². The van der Waals surface area contributed by atoms with E-state index in [2.05, 4.69) is 39.0 Å². The fraction of sp³-hybridized carbons (Fsp3) is 0.600. The van der Waals surface area contributed by atoms with Gasteiger partial charge in [-0.25, -0.2) is 0 Å². The number of rotatable bonds is 1. The van der Waals surface area contributed by atoms with Crippen LogP contribution in [-0.2, 0) is 10.3 Å². The van der Waals surface area contributed by atoms with Gasteiger partial charge in [-0.1, -0.05) is 37.6 Å². The molecule has 0 aromatic heterocycles. The lowest BCUT2D eigenvalue weighted by molar-refractivity contribution is 0.0235. The van der Waals surface area contributed by atoms with Crippen LogP contribution in [0.3, 0.4) is 0 Å². The molecule has 2 aliphatic rings. The minimum atomic E-state index is -0.820. The monoisotopic (exact) mass is 232 g/mol. The third-order valence-corrected chi connectivity index (χ3v) is 4.26. The van der Waals surface area contributed by atoms with Crippen LogP contribution in [0.1, 0.15) is 43.4 Å². The van der Waals surface area contributed by atoms with Gasteiger partial charge in [0.05, 0.1) is 6.10 Å². The summed E-state index contributed by atoms with van der Waals surface area (Å²) in [6.07, 6.45) is 0.199. The summed E-state index contributed by atoms with van der Waals surface area (Å²) in [6.45, 7) is 8.44. The minimum absolute atomic E-state index is 0.00916. The Morgan fingerprint density at radius 3 is 2.71 bits per heavy atom. The molecule has 0 radical (unpaired) electrons. The van der Waals surface area contributed by atoms with E-state index in [1.54, 1.807) is 0 Å². The summed E-state index contributed by atoms with van der Waals surface area (Å²) < 4.78 is 5.74. The van der Waals surface area contributed by atoms with Crippen molar-refractivity contribution in [2.45, 2.75) is 51.4 Å². The molecule has 0 unspecified atom stereocenters. The van der Waals surface area contributed by atoms with Crippen molar-refractivity contribution in [2.75, 3.05) is 0 Å². The minimum Gasteiger partial charge on any atom is -0.383 e. The second kappa shape index (κ2) is 3.33. The smallest absolute Gasteiger partial charge is 0.117 e. The molecule has 0 spiro atoms. The molecule has 4 atom stereocenters. The van der Waals surface area contributed by atoms with E-state index in [0.717, 1.165) is 5.56 Å². The number of ether oxygens (including phenoxy) is 1. The van der Waals surface area contributed by atoms with Crippen molar-refractivity contribution < 1.29 is 9.84 Å². The molecule has 1 aromatic rings. The molecular weight excluding hydrogens is 212 g/mol. The first-order valence-electron chi connectivity index (χ1n) is 6.42. The third-order valence-electron chi connectivity index (χ3n) is 4.26. The lowest BCUT2D eigenvalue weighted by Gasteiger charge is -2.34. The SMILES string of the molecule is Cc1ccc2c(c1)[C@@H](C(C)C)[C@@H]1O[C@@H]1[C@]2(C)O. The molecule has 2 heteroatoms. The van der Waals surface area contributed by atoms with Gasteiger partial charge in [0.2, 0.25) is 0 Å². The van der Waals surface area contributed by atoms with Gasteiger partial charge >= 0.3 is 0 Å². The van der Waals surface area contributed by atoms with Gasteiger partial charge in [0.25, 0.3) is 0 Å². The highest BCUT2D eigenvalue weighted by atomic mass is 16.6. The van der Waals surface area contributed by atoms with E-state index in [4.69, 9.17) is 4.74 Å². The molecule has 0 bridgehead atoms. The summed E-state index contributed by atoms with van der Waals surface area (Å²) in [5.41, 5.74) is 2.77. The normalized spacial score (nSPS) is 38.8. The van der Waals surface area contributed by atoms with Crippen molar-refractivity contribution in [3.63, 3.8) is 0 Å². The number of hydrogen-bond acceptors (Lipinski definition) is 2. The van der Waals surface area contributed by atoms with Crippen molar-refractivity contribution in [1.29, 1.82) is 0 Å². The second-order valence-electron chi connectivity index (χ2n) is 6.03. The van der Waals surface area contributed by atoms with Gasteiger partial charge in [-0.2, -0.15) is 0 Å². The van der Waals surface area contributed by atoms with Crippen LogP contribution in [0.15, 0.2) is 18.2 Å². The molecular formula is C15H20O2. The van der Waals surface area contributed by atoms with Crippen LogP contribution in [0.4, 0.5) is 0 Å². The Bertz CT molecular complexity index is 462. The summed E-state index contributed by atoms with van der Waals surface area (Å²) >= 11 is 0. The Morgan fingerprint density at radius 1 is 1.35 bits per heavy atom. The van der Waals surface area contributed by atoms with Crippen LogP contribution in [0.2, 0.25) is 0 Å². The highest BCUT2D eigenvalue weighted by Gasteiger charge is 2.60. The number of fused-ring (bicyclic) bond motifs is 2. The van der Waals surface area contributed by atoms with E-state index >= 15 is 0 Å². The van der Waals surface area contributed by atoms with Crippen molar-refractivity contribution in [2.24, 2.45) is 5.92 Å². The molecule has 1 aromatic carbocycles. The highest BCUT2D eigenvalue weighted by Crippen LogP contribution is 2.54. The zero-order valence-corrected chi connectivity index (χ0v) is 10.9. The summed E-state index contributed by atoms with van der Waals surface area (Å²) in [6, 6.07) is 6.36. The third kappa shape index (κ3) is 1.47. The molecule has 92 valence electrons. The average Bonchev–Trinajstić information content (AvgIpc) is 2.97. The van der Waals surface area contributed by atoms with Crippen molar-refractivity contribution in [3.05, 3.63) is 34.9 Å². The van der Waals surface area contributed by atoms with Crippen LogP contribution < -0.4 is 0 Å². The maximum absolute atomic E-state index is 10.6. The molecule has 0 saturated carbocycles. The van der Waals surface area contributed by atoms with Crippen LogP contribution >= 0.6 is 0 Å². The molecule has 3 rings (SSSR count). The molecule has 1 N–H and O–H groups in total. The Hall–Kier alpha value is -0.860. The van der Waals surface area contributed by atoms with Gasteiger partial charge in [0.1, 0.15) is 11.7 Å². The molecule has 1 saturated heterocycles. The number of benzene rings is 1. The van der Waals surface area contributed by atoms with Crippen LogP contribution in [0, 0.1) is 12.8 Å². The molecule has 0 amide bonds. The van der Waals surface area contributed by atoms with Crippen LogP contribution in [-0.4, -0.2) is 17.3 Å². The highest BCUT2D eigenvalue weighted by molar-refractivity contribution is 5.45. The quantitative estimate of drug-likeness (QED) is 0.755. The average molecular weight is 232 g/mol. The maximum Gasteiger partial charge on any atom is 0.117 e. The fourth-order valence-electron chi connectivity index (χ4n) is 3.34. The van der Waals surface area contributed by atoms with E-state index < -0.39 is 5.60 Å². The van der Waals surface area contributed by atoms with Gasteiger partial charge in [-0.15, -0.1) is 0 Å². The van der Waals surface area contributed by atoms with Gasteiger partial charge in [0, 0.05) is 5.92 Å². The standard InChI is InChI=1S/C15H20O2/c1-8(2)12-10-7-9(3)5-6-11(10)15(4,16)14-13(12)17-14/h5-8,12-14,16H,1-4H3/t12-,13+,14+,15-/m1/s1. The fourth-order valence-corrected chi connectivity index (χ4v) is 3.34. The number of epoxide rings is 1.